The van der Waals surface area contributed by atoms with Crippen molar-refractivity contribution >= 4 is 55.1 Å². The first-order valence-electron chi connectivity index (χ1n) is 4.57. The molecule has 6 heteroatoms. The Hall–Kier alpha value is -0.000000000000000167. The molecule has 0 aliphatic rings. The zero-order chi connectivity index (χ0) is 12.6. The van der Waals surface area contributed by atoms with Crippen molar-refractivity contribution in [2.24, 2.45) is 0 Å². The molecular weight excluding hydrogens is 395 g/mol. The van der Waals surface area contributed by atoms with E-state index < -0.39 is 6.10 Å². The van der Waals surface area contributed by atoms with Crippen LogP contribution >= 0.6 is 55.1 Å². The molecule has 90 valence electrons. The first-order valence-corrected chi connectivity index (χ1v) is 6.91. The van der Waals surface area contributed by atoms with Crippen molar-refractivity contribution < 1.29 is 9.52 Å². The minimum absolute atomic E-state index is 0.324. The molecule has 17 heavy (non-hydrogen) atoms. The van der Waals surface area contributed by atoms with Gasteiger partial charge in [0.15, 0.2) is 4.67 Å². The fourth-order valence-corrected chi connectivity index (χ4v) is 2.40. The van der Waals surface area contributed by atoms with Gasteiger partial charge in [0.05, 0.1) is 14.5 Å². The molecule has 0 amide bonds. The minimum Gasteiger partial charge on any atom is -0.450 e. The van der Waals surface area contributed by atoms with E-state index in [9.17, 15) is 5.11 Å². The second-order valence-corrected chi connectivity index (χ2v) is 5.68. The Morgan fingerprint density at radius 3 is 2.53 bits per heavy atom. The zero-order valence-electron chi connectivity index (χ0n) is 8.25. The zero-order valence-corrected chi connectivity index (χ0v) is 12.9. The van der Waals surface area contributed by atoms with E-state index in [1.807, 2.05) is 0 Å². The summed E-state index contributed by atoms with van der Waals surface area (Å²) in [6, 6.07) is 6.75. The van der Waals surface area contributed by atoms with Gasteiger partial charge < -0.3 is 9.52 Å². The summed E-state index contributed by atoms with van der Waals surface area (Å²) in [5.74, 6) is 0.382. The normalized spacial score (nSPS) is 12.8. The maximum atomic E-state index is 10.2. The van der Waals surface area contributed by atoms with Crippen LogP contribution in [0.25, 0.3) is 0 Å². The second kappa shape index (κ2) is 5.33. The van der Waals surface area contributed by atoms with E-state index in [1.165, 1.54) is 0 Å². The third-order valence-corrected chi connectivity index (χ3v) is 4.75. The predicted octanol–water partition coefficient (Wildman–Crippen LogP) is 5.19. The lowest BCUT2D eigenvalue weighted by Gasteiger charge is -2.10. The monoisotopic (exact) mass is 398 g/mol. The fraction of sp³-hybridized carbons (Fsp3) is 0.0909. The molecule has 0 saturated heterocycles. The van der Waals surface area contributed by atoms with Gasteiger partial charge in [0.2, 0.25) is 0 Å². The Labute approximate surface area is 125 Å². The minimum atomic E-state index is -0.955. The fourth-order valence-electron chi connectivity index (χ4n) is 1.38. The maximum absolute atomic E-state index is 10.2. The van der Waals surface area contributed by atoms with Crippen molar-refractivity contribution in [1.29, 1.82) is 0 Å². The Morgan fingerprint density at radius 2 is 1.94 bits per heavy atom. The molecule has 2 rings (SSSR count). The van der Waals surface area contributed by atoms with Gasteiger partial charge in [-0.1, -0.05) is 35.3 Å². The van der Waals surface area contributed by atoms with E-state index in [0.29, 0.717) is 26.0 Å². The molecule has 1 atom stereocenters. The largest absolute Gasteiger partial charge is 0.450 e. The van der Waals surface area contributed by atoms with Crippen molar-refractivity contribution in [3.05, 3.63) is 54.8 Å². The van der Waals surface area contributed by atoms with E-state index in [-0.39, 0.29) is 0 Å². The second-order valence-electron chi connectivity index (χ2n) is 3.32. The number of benzene rings is 1. The number of rotatable bonds is 2. The van der Waals surface area contributed by atoms with Crippen LogP contribution in [0.5, 0.6) is 0 Å². The molecule has 0 aliphatic heterocycles. The molecule has 0 saturated carbocycles. The van der Waals surface area contributed by atoms with Gasteiger partial charge in [0, 0.05) is 5.56 Å². The van der Waals surface area contributed by atoms with Gasteiger partial charge in [0.25, 0.3) is 0 Å². The topological polar surface area (TPSA) is 33.4 Å². The highest BCUT2D eigenvalue weighted by Crippen LogP contribution is 2.36. The van der Waals surface area contributed by atoms with Crippen LogP contribution < -0.4 is 0 Å². The van der Waals surface area contributed by atoms with Gasteiger partial charge in [-0.25, -0.2) is 0 Å². The number of aliphatic hydroxyl groups is 1. The average molecular weight is 401 g/mol. The lowest BCUT2D eigenvalue weighted by atomic mass is 10.1. The Morgan fingerprint density at radius 1 is 1.24 bits per heavy atom. The summed E-state index contributed by atoms with van der Waals surface area (Å²) in [5, 5.41) is 10.9. The summed E-state index contributed by atoms with van der Waals surface area (Å²) in [6.07, 6.45) is -0.955. The number of furan rings is 1. The average Bonchev–Trinajstić information content (AvgIpc) is 2.62. The van der Waals surface area contributed by atoms with Crippen LogP contribution in [0.15, 0.2) is 37.8 Å². The Bertz CT molecular complexity index is 535. The lowest BCUT2D eigenvalue weighted by molar-refractivity contribution is 0.187. The van der Waals surface area contributed by atoms with Crippen molar-refractivity contribution in [3.63, 3.8) is 0 Å². The Kier molecular flexibility index (Phi) is 4.21. The predicted molar refractivity (Wildman–Crippen MR) is 74.6 cm³/mol. The van der Waals surface area contributed by atoms with Crippen molar-refractivity contribution in [3.8, 4) is 0 Å². The smallest absolute Gasteiger partial charge is 0.183 e. The third-order valence-electron chi connectivity index (χ3n) is 2.21. The van der Waals surface area contributed by atoms with Crippen molar-refractivity contribution in [1.82, 2.24) is 0 Å². The van der Waals surface area contributed by atoms with Crippen LogP contribution in [-0.4, -0.2) is 5.11 Å². The molecule has 0 bridgehead atoms. The summed E-state index contributed by atoms with van der Waals surface area (Å²) in [4.78, 5) is 0. The number of hydrogen-bond donors (Lipinski definition) is 1. The summed E-state index contributed by atoms with van der Waals surface area (Å²) in [5.41, 5.74) is 0.507. The molecule has 1 heterocycles. The summed E-state index contributed by atoms with van der Waals surface area (Å²) in [6.45, 7) is 0. The molecule has 1 unspecified atom stereocenters. The van der Waals surface area contributed by atoms with E-state index in [1.54, 1.807) is 24.3 Å². The molecule has 1 aromatic carbocycles. The van der Waals surface area contributed by atoms with Gasteiger partial charge in [-0.05, 0) is 44.0 Å². The van der Waals surface area contributed by atoms with E-state index >= 15 is 0 Å². The van der Waals surface area contributed by atoms with Crippen LogP contribution in [0, 0.1) is 0 Å². The molecule has 0 radical (unpaired) electrons. The van der Waals surface area contributed by atoms with E-state index in [0.717, 1.165) is 4.47 Å². The van der Waals surface area contributed by atoms with E-state index in [4.69, 9.17) is 27.6 Å². The van der Waals surface area contributed by atoms with Crippen LogP contribution in [0.1, 0.15) is 17.4 Å². The molecule has 0 fully saturated rings. The van der Waals surface area contributed by atoms with Crippen LogP contribution in [0.2, 0.25) is 10.0 Å². The number of halogens is 4. The molecule has 0 spiro atoms. The SMILES string of the molecule is OC(c1cc(Br)c(Br)o1)c1cccc(Cl)c1Cl. The standard InChI is InChI=1S/C11H6Br2Cl2O2/c12-6-4-8(17-11(6)13)10(16)5-2-1-3-7(14)9(5)15/h1-4,10,16H. The highest BCUT2D eigenvalue weighted by Gasteiger charge is 2.20. The Balaban J connectivity index is 2.43. The molecular formula is C11H6Br2Cl2O2. The van der Waals surface area contributed by atoms with Gasteiger partial charge in [0.1, 0.15) is 11.9 Å². The van der Waals surface area contributed by atoms with Crippen LogP contribution in [-0.2, 0) is 0 Å². The van der Waals surface area contributed by atoms with Crippen molar-refractivity contribution in [2.45, 2.75) is 6.10 Å². The lowest BCUT2D eigenvalue weighted by Crippen LogP contribution is -1.99. The quantitative estimate of drug-likeness (QED) is 0.752. The van der Waals surface area contributed by atoms with Crippen LogP contribution in [0.4, 0.5) is 0 Å². The summed E-state index contributed by atoms with van der Waals surface area (Å²) in [7, 11) is 0. The van der Waals surface area contributed by atoms with Crippen LogP contribution in [0.3, 0.4) is 0 Å². The van der Waals surface area contributed by atoms with Gasteiger partial charge in [-0.3, -0.25) is 0 Å². The summed E-state index contributed by atoms with van der Waals surface area (Å²) < 4.78 is 6.59. The molecule has 2 aromatic rings. The summed E-state index contributed by atoms with van der Waals surface area (Å²) >= 11 is 18.4. The van der Waals surface area contributed by atoms with Gasteiger partial charge in [-0.15, -0.1) is 0 Å². The third kappa shape index (κ3) is 2.71. The van der Waals surface area contributed by atoms with Crippen molar-refractivity contribution in [2.75, 3.05) is 0 Å². The number of hydrogen-bond acceptors (Lipinski definition) is 2. The molecule has 0 aliphatic carbocycles. The van der Waals surface area contributed by atoms with Gasteiger partial charge in [-0.2, -0.15) is 0 Å². The molecule has 1 N–H and O–H groups in total. The first kappa shape index (κ1) is 13.4. The van der Waals surface area contributed by atoms with Gasteiger partial charge >= 0.3 is 0 Å². The molecule has 1 aromatic heterocycles. The maximum Gasteiger partial charge on any atom is 0.183 e. The number of aliphatic hydroxyl groups excluding tert-OH is 1. The molecule has 2 nitrogen and oxygen atoms in total. The first-order chi connectivity index (χ1) is 8.00. The highest BCUT2D eigenvalue weighted by molar-refractivity contribution is 9.13. The van der Waals surface area contributed by atoms with E-state index in [2.05, 4.69) is 31.9 Å². The highest BCUT2D eigenvalue weighted by atomic mass is 79.9.